The summed E-state index contributed by atoms with van der Waals surface area (Å²) in [4.78, 5) is 26.5. The summed E-state index contributed by atoms with van der Waals surface area (Å²) in [5, 5.41) is 6.27. The van der Waals surface area contributed by atoms with Crippen molar-refractivity contribution in [3.8, 4) is 0 Å². The molecule has 6 nitrogen and oxygen atoms in total. The molecular weight excluding hydrogens is 342 g/mol. The van der Waals surface area contributed by atoms with E-state index in [1.165, 1.54) is 0 Å². The highest BCUT2D eigenvalue weighted by molar-refractivity contribution is 5.85. The van der Waals surface area contributed by atoms with Gasteiger partial charge in [-0.2, -0.15) is 0 Å². The fourth-order valence-electron chi connectivity index (χ4n) is 3.44. The number of hydrogen-bond donors (Lipinski definition) is 2. The second-order valence-corrected chi connectivity index (χ2v) is 7.05. The Morgan fingerprint density at radius 1 is 1.32 bits per heavy atom. The minimum atomic E-state index is -0.368. The van der Waals surface area contributed by atoms with Gasteiger partial charge in [0.15, 0.2) is 0 Å². The molecule has 0 spiro atoms. The first-order valence-corrected chi connectivity index (χ1v) is 9.53. The van der Waals surface area contributed by atoms with Crippen molar-refractivity contribution < 1.29 is 14.3 Å². The van der Waals surface area contributed by atoms with Crippen molar-refractivity contribution in [2.24, 2.45) is 5.92 Å². The minimum Gasteiger partial charge on any atom is -0.369 e. The van der Waals surface area contributed by atoms with Crippen molar-refractivity contribution in [3.63, 3.8) is 0 Å². The highest BCUT2D eigenvalue weighted by Gasteiger charge is 2.28. The summed E-state index contributed by atoms with van der Waals surface area (Å²) in [5.74, 6) is 0.530. The maximum Gasteiger partial charge on any atom is 0.251 e. The number of rotatable bonds is 8. The zero-order chi connectivity index (χ0) is 17.4. The summed E-state index contributed by atoms with van der Waals surface area (Å²) in [6, 6.07) is -0.0293. The Kier molecular flexibility index (Phi) is 10.4. The van der Waals surface area contributed by atoms with Crippen LogP contribution in [-0.4, -0.2) is 61.6 Å². The molecule has 0 aromatic rings. The molecule has 2 rings (SSSR count). The molecule has 2 aliphatic heterocycles. The Labute approximate surface area is 157 Å². The number of unbranched alkanes of at least 4 members (excludes halogenated alkanes) is 1. The van der Waals surface area contributed by atoms with E-state index in [-0.39, 0.29) is 36.4 Å². The Morgan fingerprint density at radius 2 is 2.12 bits per heavy atom. The van der Waals surface area contributed by atoms with E-state index in [9.17, 15) is 9.59 Å². The Balaban J connectivity index is 0.00000312. The molecule has 7 heteroatoms. The number of nitrogens with zero attached hydrogens (tertiary/aromatic N) is 1. The molecule has 3 unspecified atom stereocenters. The molecule has 0 bridgehead atoms. The average molecular weight is 376 g/mol. The van der Waals surface area contributed by atoms with Crippen molar-refractivity contribution >= 4 is 24.2 Å². The quantitative estimate of drug-likeness (QED) is 0.634. The van der Waals surface area contributed by atoms with Gasteiger partial charge in [-0.15, -0.1) is 12.4 Å². The van der Waals surface area contributed by atoms with Crippen LogP contribution in [0.15, 0.2) is 0 Å². The summed E-state index contributed by atoms with van der Waals surface area (Å²) < 4.78 is 5.63. The van der Waals surface area contributed by atoms with Gasteiger partial charge in [0.2, 0.25) is 5.91 Å². The maximum atomic E-state index is 12.5. The fourth-order valence-corrected chi connectivity index (χ4v) is 3.44. The van der Waals surface area contributed by atoms with E-state index in [0.717, 1.165) is 58.2 Å². The van der Waals surface area contributed by atoms with Crippen LogP contribution >= 0.6 is 12.4 Å². The monoisotopic (exact) mass is 375 g/mol. The molecule has 2 saturated heterocycles. The first kappa shape index (κ1) is 22.2. The van der Waals surface area contributed by atoms with E-state index in [1.54, 1.807) is 0 Å². The number of amides is 2. The first-order chi connectivity index (χ1) is 11.6. The topological polar surface area (TPSA) is 70.7 Å². The molecular formula is C18H34ClN3O3. The fraction of sp³-hybridized carbons (Fsp3) is 0.889. The lowest BCUT2D eigenvalue weighted by Gasteiger charge is -2.34. The predicted octanol–water partition coefficient (Wildman–Crippen LogP) is 1.72. The Morgan fingerprint density at radius 3 is 2.80 bits per heavy atom. The smallest absolute Gasteiger partial charge is 0.251 e. The van der Waals surface area contributed by atoms with Crippen molar-refractivity contribution in [3.05, 3.63) is 0 Å². The van der Waals surface area contributed by atoms with Crippen molar-refractivity contribution in [1.29, 1.82) is 0 Å². The van der Waals surface area contributed by atoms with Crippen LogP contribution in [0.4, 0.5) is 0 Å². The van der Waals surface area contributed by atoms with Gasteiger partial charge in [0.05, 0.1) is 6.04 Å². The van der Waals surface area contributed by atoms with Crippen LogP contribution in [0, 0.1) is 5.92 Å². The molecule has 0 saturated carbocycles. The third-order valence-corrected chi connectivity index (χ3v) is 4.99. The van der Waals surface area contributed by atoms with Crippen LogP contribution in [0.2, 0.25) is 0 Å². The third kappa shape index (κ3) is 7.12. The van der Waals surface area contributed by atoms with E-state index in [2.05, 4.69) is 17.6 Å². The molecule has 25 heavy (non-hydrogen) atoms. The van der Waals surface area contributed by atoms with Gasteiger partial charge >= 0.3 is 0 Å². The molecule has 2 fully saturated rings. The third-order valence-electron chi connectivity index (χ3n) is 4.99. The number of ether oxygens (including phenoxy) is 1. The summed E-state index contributed by atoms with van der Waals surface area (Å²) in [6.45, 7) is 7.71. The van der Waals surface area contributed by atoms with Crippen molar-refractivity contribution in [2.45, 2.75) is 64.5 Å². The van der Waals surface area contributed by atoms with Gasteiger partial charge in [0.25, 0.3) is 5.91 Å². The molecule has 0 aromatic carbocycles. The summed E-state index contributed by atoms with van der Waals surface area (Å²) in [5.41, 5.74) is 0. The maximum absolute atomic E-state index is 12.5. The zero-order valence-corrected chi connectivity index (χ0v) is 16.4. The van der Waals surface area contributed by atoms with Gasteiger partial charge in [-0.25, -0.2) is 0 Å². The molecule has 2 amide bonds. The van der Waals surface area contributed by atoms with Crippen LogP contribution in [0.1, 0.15) is 52.4 Å². The minimum absolute atomic E-state index is 0. The van der Waals surface area contributed by atoms with Crippen LogP contribution in [0.3, 0.4) is 0 Å². The van der Waals surface area contributed by atoms with E-state index in [1.807, 2.05) is 11.8 Å². The predicted molar refractivity (Wildman–Crippen MR) is 101 cm³/mol. The van der Waals surface area contributed by atoms with Crippen molar-refractivity contribution in [1.82, 2.24) is 15.5 Å². The van der Waals surface area contributed by atoms with E-state index in [4.69, 9.17) is 4.74 Å². The Bertz CT molecular complexity index is 416. The van der Waals surface area contributed by atoms with Gasteiger partial charge in [-0.3, -0.25) is 9.59 Å². The van der Waals surface area contributed by atoms with Gasteiger partial charge < -0.3 is 20.3 Å². The average Bonchev–Trinajstić information content (AvgIpc) is 3.14. The number of carbonyl (C=O) groups excluding carboxylic acids is 2. The van der Waals surface area contributed by atoms with E-state index in [0.29, 0.717) is 19.1 Å². The normalized spacial score (nSPS) is 24.5. The molecule has 2 aliphatic rings. The van der Waals surface area contributed by atoms with E-state index < -0.39 is 0 Å². The Hall–Kier alpha value is -0.850. The highest BCUT2D eigenvalue weighted by atomic mass is 35.5. The zero-order valence-electron chi connectivity index (χ0n) is 15.6. The number of piperidine rings is 1. The van der Waals surface area contributed by atoms with E-state index >= 15 is 0 Å². The molecule has 2 heterocycles. The standard InChI is InChI=1S/C18H33N3O3.ClH/c1-3-4-11-24-14(2)18(23)21-10-6-7-15(13-21)12-20-17(22)16-8-5-9-19-16;/h14-16,19H,3-13H2,1-2H3,(H,20,22);1H. The highest BCUT2D eigenvalue weighted by Crippen LogP contribution is 2.17. The number of likely N-dealkylation sites (tertiary alicyclic amines) is 1. The van der Waals surface area contributed by atoms with Crippen molar-refractivity contribution in [2.75, 3.05) is 32.8 Å². The second kappa shape index (κ2) is 11.7. The molecule has 0 aliphatic carbocycles. The number of nitrogens with one attached hydrogen (secondary N) is 2. The van der Waals surface area contributed by atoms with Crippen LogP contribution < -0.4 is 10.6 Å². The number of halogens is 1. The first-order valence-electron chi connectivity index (χ1n) is 9.53. The SMILES string of the molecule is CCCCOC(C)C(=O)N1CCCC(CNC(=O)C2CCCN2)C1.Cl. The van der Waals surface area contributed by atoms with Gasteiger partial charge in [-0.1, -0.05) is 13.3 Å². The lowest BCUT2D eigenvalue weighted by atomic mass is 9.97. The summed E-state index contributed by atoms with van der Waals surface area (Å²) in [7, 11) is 0. The molecule has 3 atom stereocenters. The number of carbonyl (C=O) groups is 2. The second-order valence-electron chi connectivity index (χ2n) is 7.05. The summed E-state index contributed by atoms with van der Waals surface area (Å²) in [6.07, 6.45) is 5.74. The largest absolute Gasteiger partial charge is 0.369 e. The molecule has 2 N–H and O–H groups in total. The number of hydrogen-bond acceptors (Lipinski definition) is 4. The lowest BCUT2D eigenvalue weighted by molar-refractivity contribution is -0.144. The molecule has 146 valence electrons. The van der Waals surface area contributed by atoms with Crippen LogP contribution in [-0.2, 0) is 14.3 Å². The van der Waals surface area contributed by atoms with Gasteiger partial charge in [0, 0.05) is 26.2 Å². The van der Waals surface area contributed by atoms with Gasteiger partial charge in [0.1, 0.15) is 6.10 Å². The molecule has 0 radical (unpaired) electrons. The van der Waals surface area contributed by atoms with Crippen LogP contribution in [0.5, 0.6) is 0 Å². The summed E-state index contributed by atoms with van der Waals surface area (Å²) >= 11 is 0. The van der Waals surface area contributed by atoms with Gasteiger partial charge in [-0.05, 0) is 51.5 Å². The lowest BCUT2D eigenvalue weighted by Crippen LogP contribution is -2.48. The van der Waals surface area contributed by atoms with Crippen LogP contribution in [0.25, 0.3) is 0 Å². The molecule has 0 aromatic heterocycles.